The van der Waals surface area contributed by atoms with Crippen molar-refractivity contribution in [2.75, 3.05) is 0 Å². The molecule has 2 rings (SSSR count). The number of fused-ring (bicyclic) bond motifs is 1. The predicted molar refractivity (Wildman–Crippen MR) is 72.0 cm³/mol. The summed E-state index contributed by atoms with van der Waals surface area (Å²) < 4.78 is 0. The molecule has 0 aliphatic carbocycles. The molecule has 0 fully saturated rings. The van der Waals surface area contributed by atoms with Crippen molar-refractivity contribution in [1.29, 1.82) is 0 Å². The van der Waals surface area contributed by atoms with E-state index in [0.717, 1.165) is 22.8 Å². The van der Waals surface area contributed by atoms with Crippen LogP contribution in [0.1, 0.15) is 31.9 Å². The average Bonchev–Trinajstić information content (AvgIpc) is 2.29. The van der Waals surface area contributed by atoms with Crippen LogP contribution in [-0.4, -0.2) is 5.11 Å². The highest BCUT2D eigenvalue weighted by atomic mass is 16.3. The number of benzene rings is 2. The van der Waals surface area contributed by atoms with Gasteiger partial charge in [-0.1, -0.05) is 44.2 Å². The Morgan fingerprint density at radius 3 is 2.35 bits per heavy atom. The first-order valence-electron chi connectivity index (χ1n) is 6.05. The summed E-state index contributed by atoms with van der Waals surface area (Å²) in [4.78, 5) is 0. The van der Waals surface area contributed by atoms with E-state index in [4.69, 9.17) is 5.73 Å². The fourth-order valence-electron chi connectivity index (χ4n) is 2.26. The van der Waals surface area contributed by atoms with E-state index < -0.39 is 0 Å². The number of phenols is 1. The van der Waals surface area contributed by atoms with E-state index in [9.17, 15) is 5.11 Å². The summed E-state index contributed by atoms with van der Waals surface area (Å²) in [5.41, 5.74) is 7.35. The zero-order chi connectivity index (χ0) is 12.4. The summed E-state index contributed by atoms with van der Waals surface area (Å²) in [5.74, 6) is 0.888. The van der Waals surface area contributed by atoms with E-state index in [1.165, 1.54) is 0 Å². The van der Waals surface area contributed by atoms with Crippen molar-refractivity contribution in [2.45, 2.75) is 26.3 Å². The SMILES string of the molecule is CC(C)C[C@@H](N)c1ccc(O)c2ccccc12. The molecule has 0 aromatic heterocycles. The Morgan fingerprint density at radius 1 is 1.06 bits per heavy atom. The second-order valence-electron chi connectivity index (χ2n) is 4.96. The maximum absolute atomic E-state index is 9.82. The topological polar surface area (TPSA) is 46.2 Å². The molecule has 2 aromatic rings. The highest BCUT2D eigenvalue weighted by Gasteiger charge is 2.12. The molecule has 90 valence electrons. The number of nitrogens with two attached hydrogens (primary N) is 1. The van der Waals surface area contributed by atoms with E-state index in [2.05, 4.69) is 13.8 Å². The molecular formula is C15H19NO. The fourth-order valence-corrected chi connectivity index (χ4v) is 2.26. The lowest BCUT2D eigenvalue weighted by Crippen LogP contribution is -2.13. The largest absolute Gasteiger partial charge is 0.507 e. The number of aromatic hydroxyl groups is 1. The monoisotopic (exact) mass is 229 g/mol. The second-order valence-corrected chi connectivity index (χ2v) is 4.96. The van der Waals surface area contributed by atoms with Crippen LogP contribution in [0.4, 0.5) is 0 Å². The van der Waals surface area contributed by atoms with Crippen LogP contribution in [0.3, 0.4) is 0 Å². The van der Waals surface area contributed by atoms with Gasteiger partial charge in [0.1, 0.15) is 5.75 Å². The van der Waals surface area contributed by atoms with Gasteiger partial charge in [0.25, 0.3) is 0 Å². The van der Waals surface area contributed by atoms with Crippen LogP contribution in [0, 0.1) is 5.92 Å². The lowest BCUT2D eigenvalue weighted by Gasteiger charge is -2.17. The zero-order valence-electron chi connectivity index (χ0n) is 10.4. The summed E-state index contributed by atoms with van der Waals surface area (Å²) in [5, 5.41) is 11.8. The lowest BCUT2D eigenvalue weighted by atomic mass is 9.93. The minimum atomic E-state index is 0.0282. The molecule has 0 radical (unpaired) electrons. The second kappa shape index (κ2) is 4.76. The smallest absolute Gasteiger partial charge is 0.123 e. The molecule has 0 aliphatic rings. The van der Waals surface area contributed by atoms with Crippen LogP contribution in [0.2, 0.25) is 0 Å². The van der Waals surface area contributed by atoms with Crippen LogP contribution in [0.5, 0.6) is 5.75 Å². The predicted octanol–water partition coefficient (Wildman–Crippen LogP) is 3.59. The van der Waals surface area contributed by atoms with Crippen molar-refractivity contribution in [3.63, 3.8) is 0 Å². The summed E-state index contributed by atoms with van der Waals surface area (Å²) in [6, 6.07) is 11.6. The summed E-state index contributed by atoms with van der Waals surface area (Å²) in [6.45, 7) is 4.34. The summed E-state index contributed by atoms with van der Waals surface area (Å²) in [6.07, 6.45) is 0.953. The quantitative estimate of drug-likeness (QED) is 0.844. The third-order valence-corrected chi connectivity index (χ3v) is 3.06. The highest BCUT2D eigenvalue weighted by Crippen LogP contribution is 2.31. The van der Waals surface area contributed by atoms with Crippen molar-refractivity contribution < 1.29 is 5.11 Å². The van der Waals surface area contributed by atoms with Crippen molar-refractivity contribution in [1.82, 2.24) is 0 Å². The maximum Gasteiger partial charge on any atom is 0.123 e. The molecule has 2 nitrogen and oxygen atoms in total. The van der Waals surface area contributed by atoms with Gasteiger partial charge < -0.3 is 10.8 Å². The third kappa shape index (κ3) is 2.42. The van der Waals surface area contributed by atoms with E-state index in [0.29, 0.717) is 11.7 Å². The van der Waals surface area contributed by atoms with Crippen LogP contribution in [0.15, 0.2) is 36.4 Å². The number of phenolic OH excluding ortho intramolecular Hbond substituents is 1. The molecule has 3 N–H and O–H groups in total. The molecular weight excluding hydrogens is 210 g/mol. The summed E-state index contributed by atoms with van der Waals surface area (Å²) >= 11 is 0. The maximum atomic E-state index is 9.82. The molecule has 0 unspecified atom stereocenters. The first-order valence-corrected chi connectivity index (χ1v) is 6.05. The van der Waals surface area contributed by atoms with Gasteiger partial charge in [-0.15, -0.1) is 0 Å². The first-order chi connectivity index (χ1) is 8.09. The third-order valence-electron chi connectivity index (χ3n) is 3.06. The molecule has 2 aromatic carbocycles. The molecule has 1 atom stereocenters. The van der Waals surface area contributed by atoms with Gasteiger partial charge in [-0.25, -0.2) is 0 Å². The fraction of sp³-hybridized carbons (Fsp3) is 0.333. The minimum Gasteiger partial charge on any atom is -0.507 e. The average molecular weight is 229 g/mol. The first kappa shape index (κ1) is 11.9. The molecule has 0 bridgehead atoms. The molecule has 0 amide bonds. The normalized spacial score (nSPS) is 13.2. The minimum absolute atomic E-state index is 0.0282. The molecule has 0 spiro atoms. The van der Waals surface area contributed by atoms with Gasteiger partial charge in [0.05, 0.1) is 0 Å². The van der Waals surface area contributed by atoms with Crippen LogP contribution >= 0.6 is 0 Å². The number of hydrogen-bond donors (Lipinski definition) is 2. The van der Waals surface area contributed by atoms with Gasteiger partial charge in [-0.2, -0.15) is 0 Å². The van der Waals surface area contributed by atoms with Gasteiger partial charge in [-0.3, -0.25) is 0 Å². The van der Waals surface area contributed by atoms with Crippen molar-refractivity contribution in [3.8, 4) is 5.75 Å². The lowest BCUT2D eigenvalue weighted by molar-refractivity contribution is 0.480. The molecule has 0 saturated carbocycles. The Kier molecular flexibility index (Phi) is 3.34. The van der Waals surface area contributed by atoms with E-state index in [1.54, 1.807) is 6.07 Å². The Morgan fingerprint density at radius 2 is 1.71 bits per heavy atom. The zero-order valence-corrected chi connectivity index (χ0v) is 10.4. The van der Waals surface area contributed by atoms with Crippen molar-refractivity contribution >= 4 is 10.8 Å². The molecule has 17 heavy (non-hydrogen) atoms. The van der Waals surface area contributed by atoms with Gasteiger partial charge >= 0.3 is 0 Å². The molecule has 0 heterocycles. The number of rotatable bonds is 3. The molecule has 2 heteroatoms. The van der Waals surface area contributed by atoms with Gasteiger partial charge in [-0.05, 0) is 29.4 Å². The Hall–Kier alpha value is -1.54. The van der Waals surface area contributed by atoms with Crippen molar-refractivity contribution in [3.05, 3.63) is 42.0 Å². The van der Waals surface area contributed by atoms with Gasteiger partial charge in [0.15, 0.2) is 0 Å². The van der Waals surface area contributed by atoms with E-state index in [-0.39, 0.29) is 6.04 Å². The van der Waals surface area contributed by atoms with E-state index in [1.807, 2.05) is 30.3 Å². The van der Waals surface area contributed by atoms with E-state index >= 15 is 0 Å². The van der Waals surface area contributed by atoms with Gasteiger partial charge in [0, 0.05) is 11.4 Å². The highest BCUT2D eigenvalue weighted by molar-refractivity contribution is 5.91. The van der Waals surface area contributed by atoms with Gasteiger partial charge in [0.2, 0.25) is 0 Å². The van der Waals surface area contributed by atoms with Crippen molar-refractivity contribution in [2.24, 2.45) is 11.7 Å². The van der Waals surface area contributed by atoms with Crippen LogP contribution in [0.25, 0.3) is 10.8 Å². The Bertz CT molecular complexity index is 519. The molecule has 0 aliphatic heterocycles. The standard InChI is InChI=1S/C15H19NO/c1-10(2)9-14(16)12-7-8-15(17)13-6-4-3-5-11(12)13/h3-8,10,14,17H,9,16H2,1-2H3/t14-/m1/s1. The van der Waals surface area contributed by atoms with Crippen LogP contribution < -0.4 is 5.73 Å². The Labute approximate surface area is 102 Å². The molecule has 0 saturated heterocycles. The summed E-state index contributed by atoms with van der Waals surface area (Å²) in [7, 11) is 0. The van der Waals surface area contributed by atoms with Crippen LogP contribution in [-0.2, 0) is 0 Å². The Balaban J connectivity index is 2.51. The number of hydrogen-bond acceptors (Lipinski definition) is 2.